The predicted molar refractivity (Wildman–Crippen MR) is 33.9 cm³/mol. The molecule has 0 aliphatic carbocycles. The van der Waals surface area contributed by atoms with Gasteiger partial charge in [-0.2, -0.15) is 0 Å². The minimum atomic E-state index is -0.194. The Morgan fingerprint density at radius 1 is 1.88 bits per heavy atom. The summed E-state index contributed by atoms with van der Waals surface area (Å²) in [6.07, 6.45) is 0. The first-order valence-corrected chi connectivity index (χ1v) is 2.71. The Bertz CT molecular complexity index is 97.0. The van der Waals surface area contributed by atoms with Gasteiger partial charge < -0.3 is 5.32 Å². The average Bonchev–Trinajstić information content (AvgIpc) is 1.84. The van der Waals surface area contributed by atoms with Crippen molar-refractivity contribution in [3.8, 4) is 0 Å². The van der Waals surface area contributed by atoms with Crippen LogP contribution in [0.25, 0.3) is 0 Å². The van der Waals surface area contributed by atoms with Crippen molar-refractivity contribution in [2.75, 3.05) is 12.9 Å². The molecule has 3 heteroatoms. The van der Waals surface area contributed by atoms with E-state index in [2.05, 4.69) is 11.9 Å². The summed E-state index contributed by atoms with van der Waals surface area (Å²) in [7, 11) is 1.54. The fraction of sp³-hybridized carbons (Fsp3) is 0.400. The van der Waals surface area contributed by atoms with Crippen molar-refractivity contribution in [1.29, 1.82) is 0 Å². The number of carbonyl (C=O) groups excluding carboxylic acids is 1. The van der Waals surface area contributed by atoms with Crippen LogP contribution in [-0.4, -0.2) is 18.8 Å². The quantitative estimate of drug-likeness (QED) is 0.432. The van der Waals surface area contributed by atoms with E-state index in [1.807, 2.05) is 0 Å². The van der Waals surface area contributed by atoms with E-state index in [1.165, 1.54) is 0 Å². The number of likely N-dealkylation sites (N-methyl/N-ethyl adjacent to an activating group) is 1. The highest BCUT2D eigenvalue weighted by atomic mass is 35.5. The normalized spacial score (nSPS) is 8.25. The van der Waals surface area contributed by atoms with E-state index in [4.69, 9.17) is 11.6 Å². The van der Waals surface area contributed by atoms with Crippen LogP contribution >= 0.6 is 11.6 Å². The Balaban J connectivity index is 3.64. The molecular weight excluding hydrogens is 126 g/mol. The molecule has 0 aromatic carbocycles. The van der Waals surface area contributed by atoms with Gasteiger partial charge in [-0.3, -0.25) is 4.79 Å². The maximum Gasteiger partial charge on any atom is 0.247 e. The van der Waals surface area contributed by atoms with Crippen LogP contribution in [0.2, 0.25) is 0 Å². The molecule has 2 nitrogen and oxygen atoms in total. The average molecular weight is 134 g/mol. The van der Waals surface area contributed by atoms with E-state index < -0.39 is 0 Å². The van der Waals surface area contributed by atoms with Gasteiger partial charge in [0.05, 0.1) is 5.88 Å². The molecule has 0 heterocycles. The van der Waals surface area contributed by atoms with Gasteiger partial charge in [-0.05, 0) is 0 Å². The summed E-state index contributed by atoms with van der Waals surface area (Å²) in [5.41, 5.74) is 0.397. The third kappa shape index (κ3) is 1.98. The number of hydrogen-bond acceptors (Lipinski definition) is 1. The van der Waals surface area contributed by atoms with Crippen LogP contribution in [0.15, 0.2) is 12.2 Å². The van der Waals surface area contributed by atoms with Crippen molar-refractivity contribution in [2.24, 2.45) is 0 Å². The van der Waals surface area contributed by atoms with Gasteiger partial charge in [0.1, 0.15) is 0 Å². The van der Waals surface area contributed by atoms with E-state index in [0.717, 1.165) is 0 Å². The van der Waals surface area contributed by atoms with Crippen molar-refractivity contribution >= 4 is 17.5 Å². The van der Waals surface area contributed by atoms with Crippen molar-refractivity contribution in [2.45, 2.75) is 0 Å². The lowest BCUT2D eigenvalue weighted by atomic mass is 10.3. The number of alkyl halides is 1. The fourth-order valence-corrected chi connectivity index (χ4v) is 0.359. The number of nitrogens with one attached hydrogen (secondary N) is 1. The molecule has 46 valence electrons. The van der Waals surface area contributed by atoms with Gasteiger partial charge in [0.2, 0.25) is 5.91 Å². The summed E-state index contributed by atoms with van der Waals surface area (Å²) in [5.74, 6) is -0.000324. The predicted octanol–water partition coefficient (Wildman–Crippen LogP) is 0.527. The maximum atomic E-state index is 10.4. The van der Waals surface area contributed by atoms with Crippen LogP contribution in [0.3, 0.4) is 0 Å². The molecule has 0 saturated carbocycles. The van der Waals surface area contributed by atoms with Gasteiger partial charge in [-0.1, -0.05) is 6.58 Å². The topological polar surface area (TPSA) is 29.1 Å². The smallest absolute Gasteiger partial charge is 0.247 e. The zero-order valence-electron chi connectivity index (χ0n) is 4.70. The molecule has 0 aliphatic heterocycles. The summed E-state index contributed by atoms with van der Waals surface area (Å²) in [4.78, 5) is 10.4. The molecule has 1 amide bonds. The van der Waals surface area contributed by atoms with Crippen LogP contribution in [-0.2, 0) is 4.79 Å². The van der Waals surface area contributed by atoms with Gasteiger partial charge in [0.25, 0.3) is 0 Å². The molecule has 0 saturated heterocycles. The first-order valence-electron chi connectivity index (χ1n) is 2.18. The first kappa shape index (κ1) is 7.50. The van der Waals surface area contributed by atoms with Crippen LogP contribution in [0.1, 0.15) is 0 Å². The second-order valence-electron chi connectivity index (χ2n) is 1.32. The van der Waals surface area contributed by atoms with E-state index in [1.54, 1.807) is 7.05 Å². The molecule has 0 aliphatic rings. The Hall–Kier alpha value is -0.500. The number of amides is 1. The molecule has 0 atom stereocenters. The summed E-state index contributed by atoms with van der Waals surface area (Å²) >= 11 is 5.27. The van der Waals surface area contributed by atoms with Crippen LogP contribution in [0, 0.1) is 0 Å². The van der Waals surface area contributed by atoms with E-state index in [0.29, 0.717) is 5.57 Å². The SMILES string of the molecule is C=C(CCl)C(=O)NC. The monoisotopic (exact) mass is 133 g/mol. The molecule has 0 radical (unpaired) electrons. The third-order valence-corrected chi connectivity index (χ3v) is 1.03. The van der Waals surface area contributed by atoms with Gasteiger partial charge in [0.15, 0.2) is 0 Å². The molecule has 0 fully saturated rings. The second kappa shape index (κ2) is 3.50. The highest BCUT2D eigenvalue weighted by Gasteiger charge is 1.99. The van der Waals surface area contributed by atoms with Crippen LogP contribution < -0.4 is 5.32 Å². The molecule has 1 N–H and O–H groups in total. The Kier molecular flexibility index (Phi) is 3.28. The lowest BCUT2D eigenvalue weighted by molar-refractivity contribution is -0.116. The Morgan fingerprint density at radius 3 is 2.50 bits per heavy atom. The maximum absolute atomic E-state index is 10.4. The molecule has 0 unspecified atom stereocenters. The minimum absolute atomic E-state index is 0.194. The lowest BCUT2D eigenvalue weighted by Crippen LogP contribution is -2.19. The Morgan fingerprint density at radius 2 is 2.38 bits per heavy atom. The minimum Gasteiger partial charge on any atom is -0.355 e. The Labute approximate surface area is 53.5 Å². The number of hydrogen-bond donors (Lipinski definition) is 1. The van der Waals surface area contributed by atoms with E-state index >= 15 is 0 Å². The molecule has 8 heavy (non-hydrogen) atoms. The zero-order chi connectivity index (χ0) is 6.57. The molecule has 0 bridgehead atoms. The summed E-state index contributed by atoms with van der Waals surface area (Å²) in [5, 5.41) is 2.39. The van der Waals surface area contributed by atoms with Crippen molar-refractivity contribution in [1.82, 2.24) is 5.32 Å². The number of halogens is 1. The molecule has 0 aromatic heterocycles. The standard InChI is InChI=1S/C5H8ClNO/c1-4(3-6)5(8)7-2/h1,3H2,2H3,(H,7,8). The second-order valence-corrected chi connectivity index (χ2v) is 1.58. The van der Waals surface area contributed by atoms with E-state index in [9.17, 15) is 4.79 Å². The van der Waals surface area contributed by atoms with Crippen LogP contribution in [0.5, 0.6) is 0 Å². The number of carbonyl (C=O) groups is 1. The fourth-order valence-electron chi connectivity index (χ4n) is 0.237. The number of rotatable bonds is 2. The molecule has 0 aromatic rings. The van der Waals surface area contributed by atoms with Gasteiger partial charge in [-0.15, -0.1) is 11.6 Å². The van der Waals surface area contributed by atoms with Crippen molar-refractivity contribution < 1.29 is 4.79 Å². The molecular formula is C5H8ClNO. The lowest BCUT2D eigenvalue weighted by Gasteiger charge is -1.95. The largest absolute Gasteiger partial charge is 0.355 e. The van der Waals surface area contributed by atoms with E-state index in [-0.39, 0.29) is 11.8 Å². The van der Waals surface area contributed by atoms with Gasteiger partial charge in [0, 0.05) is 12.6 Å². The zero-order valence-corrected chi connectivity index (χ0v) is 5.46. The van der Waals surface area contributed by atoms with Gasteiger partial charge in [-0.25, -0.2) is 0 Å². The molecule has 0 rings (SSSR count). The van der Waals surface area contributed by atoms with Gasteiger partial charge >= 0.3 is 0 Å². The van der Waals surface area contributed by atoms with Crippen LogP contribution in [0.4, 0.5) is 0 Å². The summed E-state index contributed by atoms with van der Waals surface area (Å²) < 4.78 is 0. The highest BCUT2D eigenvalue weighted by Crippen LogP contribution is 1.91. The summed E-state index contributed by atoms with van der Waals surface area (Å²) in [6.45, 7) is 3.40. The van der Waals surface area contributed by atoms with Crippen molar-refractivity contribution in [3.05, 3.63) is 12.2 Å². The first-order chi connectivity index (χ1) is 3.72. The highest BCUT2D eigenvalue weighted by molar-refractivity contribution is 6.22. The third-order valence-electron chi connectivity index (χ3n) is 0.709. The molecule has 0 spiro atoms. The van der Waals surface area contributed by atoms with Crippen molar-refractivity contribution in [3.63, 3.8) is 0 Å². The summed E-state index contributed by atoms with van der Waals surface area (Å²) in [6, 6.07) is 0.